The summed E-state index contributed by atoms with van der Waals surface area (Å²) < 4.78 is 26.1. The number of anilines is 1. The molecule has 8 nitrogen and oxygen atoms in total. The molecule has 0 aliphatic rings. The SMILES string of the molecule is Cc1c(N(Cc2ccc(C(=O)NC[C@H](C)c3ccccc3)cc2)S(C)(=O)=O)cccc1[N+](=O)[O-]. The van der Waals surface area contributed by atoms with Gasteiger partial charge in [0.15, 0.2) is 0 Å². The molecule has 0 saturated heterocycles. The molecule has 0 saturated carbocycles. The van der Waals surface area contributed by atoms with E-state index in [2.05, 4.69) is 5.32 Å². The number of sulfonamides is 1. The third kappa shape index (κ3) is 5.99. The van der Waals surface area contributed by atoms with Crippen molar-refractivity contribution in [1.29, 1.82) is 0 Å². The fourth-order valence-electron chi connectivity index (χ4n) is 3.64. The highest BCUT2D eigenvalue weighted by atomic mass is 32.2. The van der Waals surface area contributed by atoms with E-state index in [0.29, 0.717) is 17.7 Å². The highest BCUT2D eigenvalue weighted by Gasteiger charge is 2.24. The van der Waals surface area contributed by atoms with E-state index in [-0.39, 0.29) is 35.3 Å². The van der Waals surface area contributed by atoms with Crippen LogP contribution in [0, 0.1) is 17.0 Å². The molecule has 3 aromatic rings. The molecule has 0 fully saturated rings. The number of nitro benzene ring substituents is 1. The molecule has 178 valence electrons. The first-order chi connectivity index (χ1) is 16.1. The second-order valence-electron chi connectivity index (χ2n) is 8.17. The van der Waals surface area contributed by atoms with E-state index in [4.69, 9.17) is 0 Å². The van der Waals surface area contributed by atoms with E-state index in [1.807, 2.05) is 37.3 Å². The van der Waals surface area contributed by atoms with Gasteiger partial charge in [0.2, 0.25) is 10.0 Å². The number of rotatable bonds is 9. The number of nitrogens with zero attached hydrogens (tertiary/aromatic N) is 2. The minimum atomic E-state index is -3.72. The predicted molar refractivity (Wildman–Crippen MR) is 132 cm³/mol. The van der Waals surface area contributed by atoms with Crippen LogP contribution in [0.1, 0.15) is 39.9 Å². The Balaban J connectivity index is 1.73. The summed E-state index contributed by atoms with van der Waals surface area (Å²) in [5.41, 5.74) is 2.60. The molecule has 1 amide bonds. The number of hydrogen-bond donors (Lipinski definition) is 1. The monoisotopic (exact) mass is 481 g/mol. The highest BCUT2D eigenvalue weighted by Crippen LogP contribution is 2.31. The first-order valence-corrected chi connectivity index (χ1v) is 12.6. The minimum Gasteiger partial charge on any atom is -0.351 e. The summed E-state index contributed by atoms with van der Waals surface area (Å²) in [5, 5.41) is 14.2. The number of nitrogens with one attached hydrogen (secondary N) is 1. The third-order valence-electron chi connectivity index (χ3n) is 5.62. The number of nitro groups is 1. The van der Waals surface area contributed by atoms with Crippen LogP contribution in [-0.2, 0) is 16.6 Å². The maximum atomic E-state index is 12.6. The topological polar surface area (TPSA) is 110 Å². The average Bonchev–Trinajstić information content (AvgIpc) is 2.81. The molecule has 9 heteroatoms. The molecule has 0 spiro atoms. The maximum absolute atomic E-state index is 12.6. The van der Waals surface area contributed by atoms with Crippen molar-refractivity contribution >= 4 is 27.3 Å². The van der Waals surface area contributed by atoms with Gasteiger partial charge in [-0.2, -0.15) is 0 Å². The van der Waals surface area contributed by atoms with Crippen LogP contribution in [0.3, 0.4) is 0 Å². The van der Waals surface area contributed by atoms with E-state index < -0.39 is 14.9 Å². The number of carbonyl (C=O) groups is 1. The van der Waals surface area contributed by atoms with Gasteiger partial charge in [-0.05, 0) is 42.2 Å². The molecule has 0 aliphatic carbocycles. The number of amides is 1. The Morgan fingerprint density at radius 2 is 1.68 bits per heavy atom. The zero-order chi connectivity index (χ0) is 24.9. The van der Waals surface area contributed by atoms with Gasteiger partial charge in [0.1, 0.15) is 0 Å². The van der Waals surface area contributed by atoms with E-state index in [1.54, 1.807) is 30.3 Å². The van der Waals surface area contributed by atoms with Gasteiger partial charge in [-0.1, -0.05) is 55.5 Å². The van der Waals surface area contributed by atoms with Crippen molar-refractivity contribution in [3.8, 4) is 0 Å². The average molecular weight is 482 g/mol. The summed E-state index contributed by atoms with van der Waals surface area (Å²) in [4.78, 5) is 23.3. The minimum absolute atomic E-state index is 0.0201. The molecule has 3 rings (SSSR count). The van der Waals surface area contributed by atoms with Crippen LogP contribution in [0.4, 0.5) is 11.4 Å². The van der Waals surface area contributed by atoms with E-state index in [1.165, 1.54) is 19.1 Å². The van der Waals surface area contributed by atoms with Gasteiger partial charge in [0.05, 0.1) is 29.0 Å². The number of benzene rings is 3. The van der Waals surface area contributed by atoms with E-state index >= 15 is 0 Å². The third-order valence-corrected chi connectivity index (χ3v) is 6.75. The summed E-state index contributed by atoms with van der Waals surface area (Å²) in [5.74, 6) is -0.0604. The van der Waals surface area contributed by atoms with Gasteiger partial charge < -0.3 is 5.32 Å². The zero-order valence-electron chi connectivity index (χ0n) is 19.3. The molecular weight excluding hydrogens is 454 g/mol. The van der Waals surface area contributed by atoms with Crippen LogP contribution in [0.5, 0.6) is 0 Å². The standard InChI is InChI=1S/C25H27N3O5S/c1-18(21-8-5-4-6-9-21)16-26-25(29)22-14-12-20(13-15-22)17-27(34(3,32)33)23-10-7-11-24(19(23)2)28(30)31/h4-15,18H,16-17H2,1-3H3,(H,26,29)/t18-/m0/s1. The van der Waals surface area contributed by atoms with Crippen LogP contribution in [0.2, 0.25) is 0 Å². The van der Waals surface area contributed by atoms with Crippen LogP contribution in [0.25, 0.3) is 0 Å². The lowest BCUT2D eigenvalue weighted by molar-refractivity contribution is -0.385. The lowest BCUT2D eigenvalue weighted by Gasteiger charge is -2.24. The Bertz CT molecular complexity index is 1280. The van der Waals surface area contributed by atoms with Crippen molar-refractivity contribution in [3.05, 3.63) is 105 Å². The fraction of sp³-hybridized carbons (Fsp3) is 0.240. The molecule has 1 atom stereocenters. The molecule has 0 bridgehead atoms. The molecule has 0 aliphatic heterocycles. The van der Waals surface area contributed by atoms with Crippen LogP contribution < -0.4 is 9.62 Å². The van der Waals surface area contributed by atoms with Crippen molar-refractivity contribution in [2.75, 3.05) is 17.1 Å². The van der Waals surface area contributed by atoms with E-state index in [9.17, 15) is 23.3 Å². The molecule has 34 heavy (non-hydrogen) atoms. The summed E-state index contributed by atoms with van der Waals surface area (Å²) in [6.07, 6.45) is 1.06. The molecule has 0 aromatic heterocycles. The highest BCUT2D eigenvalue weighted by molar-refractivity contribution is 7.92. The van der Waals surface area contributed by atoms with Crippen molar-refractivity contribution in [2.45, 2.75) is 26.3 Å². The predicted octanol–water partition coefficient (Wildman–Crippen LogP) is 4.40. The lowest BCUT2D eigenvalue weighted by Crippen LogP contribution is -2.30. The van der Waals surface area contributed by atoms with Crippen molar-refractivity contribution in [3.63, 3.8) is 0 Å². The first-order valence-electron chi connectivity index (χ1n) is 10.7. The molecular formula is C25H27N3O5S. The largest absolute Gasteiger partial charge is 0.351 e. The van der Waals surface area contributed by atoms with Crippen molar-refractivity contribution in [2.24, 2.45) is 0 Å². The van der Waals surface area contributed by atoms with Gasteiger partial charge in [-0.25, -0.2) is 8.42 Å². The molecule has 0 radical (unpaired) electrons. The summed E-state index contributed by atoms with van der Waals surface area (Å²) in [6, 6.07) is 20.9. The normalized spacial score (nSPS) is 12.1. The summed E-state index contributed by atoms with van der Waals surface area (Å²) in [7, 11) is -3.72. The molecule has 0 heterocycles. The molecule has 0 unspecified atom stereocenters. The maximum Gasteiger partial charge on any atom is 0.274 e. The Kier molecular flexibility index (Phi) is 7.68. The Hall–Kier alpha value is -3.72. The van der Waals surface area contributed by atoms with Gasteiger partial charge in [-0.3, -0.25) is 19.2 Å². The van der Waals surface area contributed by atoms with Gasteiger partial charge >= 0.3 is 0 Å². The van der Waals surface area contributed by atoms with Crippen molar-refractivity contribution in [1.82, 2.24) is 5.32 Å². The smallest absolute Gasteiger partial charge is 0.274 e. The fourth-order valence-corrected chi connectivity index (χ4v) is 4.57. The second-order valence-corrected chi connectivity index (χ2v) is 10.1. The number of carbonyl (C=O) groups excluding carboxylic acids is 1. The Morgan fingerprint density at radius 3 is 2.26 bits per heavy atom. The Morgan fingerprint density at radius 1 is 1.03 bits per heavy atom. The number of hydrogen-bond acceptors (Lipinski definition) is 5. The zero-order valence-corrected chi connectivity index (χ0v) is 20.1. The van der Waals surface area contributed by atoms with Crippen LogP contribution >= 0.6 is 0 Å². The van der Waals surface area contributed by atoms with Crippen molar-refractivity contribution < 1.29 is 18.1 Å². The van der Waals surface area contributed by atoms with Gasteiger partial charge in [0.25, 0.3) is 11.6 Å². The van der Waals surface area contributed by atoms with Gasteiger partial charge in [0, 0.05) is 18.2 Å². The molecule has 1 N–H and O–H groups in total. The van der Waals surface area contributed by atoms with Gasteiger partial charge in [-0.15, -0.1) is 0 Å². The molecule has 3 aromatic carbocycles. The summed E-state index contributed by atoms with van der Waals surface area (Å²) >= 11 is 0. The van der Waals surface area contributed by atoms with Crippen LogP contribution in [-0.4, -0.2) is 32.0 Å². The lowest BCUT2D eigenvalue weighted by atomic mass is 10.0. The van der Waals surface area contributed by atoms with E-state index in [0.717, 1.165) is 16.1 Å². The van der Waals surface area contributed by atoms with Crippen LogP contribution in [0.15, 0.2) is 72.8 Å². The first kappa shape index (κ1) is 24.9. The Labute approximate surface area is 199 Å². The quantitative estimate of drug-likeness (QED) is 0.360. The second kappa shape index (κ2) is 10.5. The summed E-state index contributed by atoms with van der Waals surface area (Å²) in [6.45, 7) is 4.02.